The highest BCUT2D eigenvalue weighted by Gasteiger charge is 2.38. The number of rotatable bonds is 2. The number of pyridine rings is 1. The lowest BCUT2D eigenvalue weighted by Gasteiger charge is -2.08. The summed E-state index contributed by atoms with van der Waals surface area (Å²) in [5.74, 6) is 4.06. The van der Waals surface area contributed by atoms with Gasteiger partial charge in [0.25, 0.3) is 11.4 Å². The van der Waals surface area contributed by atoms with E-state index in [1.165, 1.54) is 0 Å². The van der Waals surface area contributed by atoms with Crippen LogP contribution in [-0.4, -0.2) is 19.9 Å². The molecule has 0 aliphatic heterocycles. The number of benzene rings is 1. The van der Waals surface area contributed by atoms with Gasteiger partial charge in [0, 0.05) is 10.9 Å². The van der Waals surface area contributed by atoms with Crippen LogP contribution in [0, 0.1) is 6.92 Å². The highest BCUT2D eigenvalue weighted by molar-refractivity contribution is 7.99. The summed E-state index contributed by atoms with van der Waals surface area (Å²) in [7, 11) is 0. The van der Waals surface area contributed by atoms with Crippen molar-refractivity contribution >= 4 is 22.7 Å². The molecule has 0 aliphatic rings. The smallest absolute Gasteiger partial charge is 0.335 e. The molecule has 0 spiro atoms. The minimum Gasteiger partial charge on any atom is -0.335 e. The topological polar surface area (TPSA) is 89.6 Å². The summed E-state index contributed by atoms with van der Waals surface area (Å²) in [6.07, 6.45) is -4.72. The lowest BCUT2D eigenvalue weighted by molar-refractivity contribution is -0.146. The van der Waals surface area contributed by atoms with Crippen LogP contribution < -0.4 is 11.4 Å². The average molecular weight is 341 g/mol. The molecular weight excluding hydrogens is 331 g/mol. The Hall–Kier alpha value is -2.49. The summed E-state index contributed by atoms with van der Waals surface area (Å²) in [4.78, 5) is 15.1. The van der Waals surface area contributed by atoms with Gasteiger partial charge in [0.05, 0.1) is 4.90 Å². The van der Waals surface area contributed by atoms with E-state index in [-0.39, 0.29) is 10.1 Å². The molecule has 2 heterocycles. The van der Waals surface area contributed by atoms with Crippen molar-refractivity contribution in [3.63, 3.8) is 0 Å². The van der Waals surface area contributed by atoms with Crippen LogP contribution in [0.2, 0.25) is 0 Å². The fraction of sp³-hybridized carbons (Fsp3) is 0.154. The van der Waals surface area contributed by atoms with E-state index < -0.39 is 17.6 Å². The molecule has 0 atom stereocenters. The molecule has 0 aliphatic carbocycles. The number of halogens is 3. The molecule has 23 heavy (non-hydrogen) atoms. The monoisotopic (exact) mass is 341 g/mol. The Labute approximate surface area is 131 Å². The fourth-order valence-corrected chi connectivity index (χ4v) is 3.00. The van der Waals surface area contributed by atoms with Crippen LogP contribution in [0.5, 0.6) is 0 Å². The van der Waals surface area contributed by atoms with Crippen LogP contribution in [0.1, 0.15) is 11.4 Å². The Morgan fingerprint density at radius 1 is 1.26 bits per heavy atom. The van der Waals surface area contributed by atoms with Gasteiger partial charge in [-0.15, -0.1) is 10.2 Å². The van der Waals surface area contributed by atoms with Gasteiger partial charge in [-0.05, 0) is 30.3 Å². The molecule has 0 amide bonds. The van der Waals surface area contributed by atoms with Gasteiger partial charge in [0.15, 0.2) is 0 Å². The highest BCUT2D eigenvalue weighted by atomic mass is 32.2. The Bertz CT molecular complexity index is 947. The maximum absolute atomic E-state index is 12.7. The quantitative estimate of drug-likeness (QED) is 0.698. The van der Waals surface area contributed by atoms with Gasteiger partial charge >= 0.3 is 6.18 Å². The molecule has 0 saturated heterocycles. The first-order valence-corrected chi connectivity index (χ1v) is 7.18. The first-order chi connectivity index (χ1) is 10.8. The van der Waals surface area contributed by atoms with E-state index in [2.05, 4.69) is 15.2 Å². The van der Waals surface area contributed by atoms with Crippen LogP contribution in [-0.2, 0) is 6.18 Å². The van der Waals surface area contributed by atoms with Gasteiger partial charge in [-0.3, -0.25) is 4.79 Å². The first-order valence-electron chi connectivity index (χ1n) is 6.36. The Kier molecular flexibility index (Phi) is 3.55. The first kappa shape index (κ1) is 15.4. The van der Waals surface area contributed by atoms with Crippen LogP contribution in [0.4, 0.5) is 13.2 Å². The highest BCUT2D eigenvalue weighted by Crippen LogP contribution is 2.32. The SMILES string of the molecule is Cc1c(Sc2nnc(C(F)(F)F)n2N)c(=O)[nH]c2ccccc12. The van der Waals surface area contributed by atoms with Gasteiger partial charge in [0.2, 0.25) is 5.16 Å². The largest absolute Gasteiger partial charge is 0.453 e. The van der Waals surface area contributed by atoms with Gasteiger partial charge in [-0.2, -0.15) is 13.2 Å². The van der Waals surface area contributed by atoms with Crippen LogP contribution in [0.25, 0.3) is 10.9 Å². The van der Waals surface area contributed by atoms with Crippen LogP contribution in [0.3, 0.4) is 0 Å². The molecule has 120 valence electrons. The minimum atomic E-state index is -4.72. The predicted octanol–water partition coefficient (Wildman–Crippen LogP) is 2.31. The summed E-state index contributed by atoms with van der Waals surface area (Å²) in [6, 6.07) is 7.12. The second kappa shape index (κ2) is 5.30. The molecule has 3 rings (SSSR count). The Morgan fingerprint density at radius 3 is 2.61 bits per heavy atom. The van der Waals surface area contributed by atoms with E-state index >= 15 is 0 Å². The van der Waals surface area contributed by atoms with Crippen molar-refractivity contribution in [1.82, 2.24) is 19.9 Å². The Morgan fingerprint density at radius 2 is 1.96 bits per heavy atom. The van der Waals surface area contributed by atoms with E-state index in [9.17, 15) is 18.0 Å². The summed E-state index contributed by atoms with van der Waals surface area (Å²) >= 11 is 0.740. The lowest BCUT2D eigenvalue weighted by atomic mass is 10.1. The van der Waals surface area contributed by atoms with Crippen molar-refractivity contribution < 1.29 is 13.2 Å². The zero-order valence-electron chi connectivity index (χ0n) is 11.7. The normalized spacial score (nSPS) is 12.0. The molecule has 0 radical (unpaired) electrons. The number of nitrogens with one attached hydrogen (secondary N) is 1. The number of nitrogens with two attached hydrogens (primary N) is 1. The maximum Gasteiger partial charge on any atom is 0.453 e. The molecule has 0 bridgehead atoms. The number of nitrogens with zero attached hydrogens (tertiary/aromatic N) is 3. The van der Waals surface area contributed by atoms with Crippen molar-refractivity contribution in [2.24, 2.45) is 0 Å². The third-order valence-corrected chi connectivity index (χ3v) is 4.39. The number of para-hydroxylation sites is 1. The number of hydrogen-bond acceptors (Lipinski definition) is 5. The molecule has 3 N–H and O–H groups in total. The maximum atomic E-state index is 12.7. The van der Waals surface area contributed by atoms with Crippen molar-refractivity contribution in [2.45, 2.75) is 23.2 Å². The fourth-order valence-electron chi connectivity index (χ4n) is 2.14. The Balaban J connectivity index is 2.10. The number of fused-ring (bicyclic) bond motifs is 1. The van der Waals surface area contributed by atoms with Crippen LogP contribution >= 0.6 is 11.8 Å². The van der Waals surface area contributed by atoms with Gasteiger partial charge in [0.1, 0.15) is 0 Å². The number of hydrogen-bond donors (Lipinski definition) is 2. The van der Waals surface area contributed by atoms with Crippen molar-refractivity contribution in [3.8, 4) is 0 Å². The summed E-state index contributed by atoms with van der Waals surface area (Å²) in [5.41, 5.74) is 0.846. The molecule has 10 heteroatoms. The van der Waals surface area contributed by atoms with E-state index in [0.29, 0.717) is 15.8 Å². The molecule has 6 nitrogen and oxygen atoms in total. The van der Waals surface area contributed by atoms with E-state index in [4.69, 9.17) is 5.84 Å². The van der Waals surface area contributed by atoms with E-state index in [0.717, 1.165) is 17.1 Å². The number of H-pyrrole nitrogens is 1. The molecule has 2 aromatic heterocycles. The van der Waals surface area contributed by atoms with E-state index in [1.807, 2.05) is 0 Å². The van der Waals surface area contributed by atoms with Gasteiger partial charge in [-0.25, -0.2) is 4.68 Å². The average Bonchev–Trinajstić information content (AvgIpc) is 2.84. The number of aryl methyl sites for hydroxylation is 1. The third-order valence-electron chi connectivity index (χ3n) is 3.24. The van der Waals surface area contributed by atoms with Gasteiger partial charge < -0.3 is 10.8 Å². The molecule has 0 fully saturated rings. The van der Waals surface area contributed by atoms with Crippen molar-refractivity contribution in [1.29, 1.82) is 0 Å². The number of aromatic nitrogens is 4. The zero-order chi connectivity index (χ0) is 16.8. The molecule has 0 saturated carbocycles. The second-order valence-corrected chi connectivity index (χ2v) is 5.71. The summed E-state index contributed by atoms with van der Waals surface area (Å²) in [5, 5.41) is 7.02. The predicted molar refractivity (Wildman–Crippen MR) is 78.6 cm³/mol. The zero-order valence-corrected chi connectivity index (χ0v) is 12.5. The number of alkyl halides is 3. The minimum absolute atomic E-state index is 0.219. The van der Waals surface area contributed by atoms with E-state index in [1.54, 1.807) is 31.2 Å². The van der Waals surface area contributed by atoms with Gasteiger partial charge in [-0.1, -0.05) is 18.2 Å². The number of aromatic amines is 1. The lowest BCUT2D eigenvalue weighted by Crippen LogP contribution is -2.21. The summed E-state index contributed by atoms with van der Waals surface area (Å²) in [6.45, 7) is 1.71. The molecule has 3 aromatic rings. The summed E-state index contributed by atoms with van der Waals surface area (Å²) < 4.78 is 38.4. The standard InChI is InChI=1S/C13H10F3N5OS/c1-6-7-4-2-3-5-8(7)18-10(22)9(6)23-12-20-19-11(21(12)17)13(14,15)16/h2-5H,17H2,1H3,(H,18,22). The molecule has 1 aromatic carbocycles. The second-order valence-electron chi connectivity index (χ2n) is 4.73. The number of nitrogen functional groups attached to an aromatic ring is 1. The van der Waals surface area contributed by atoms with Crippen molar-refractivity contribution in [3.05, 3.63) is 46.0 Å². The third kappa shape index (κ3) is 2.65. The van der Waals surface area contributed by atoms with Crippen molar-refractivity contribution in [2.75, 3.05) is 5.84 Å². The van der Waals surface area contributed by atoms with Crippen LogP contribution in [0.15, 0.2) is 39.1 Å². The molecular formula is C13H10F3N5OS. The molecule has 0 unspecified atom stereocenters.